The number of hydrogen-bond donors (Lipinski definition) is 1. The first kappa shape index (κ1) is 53.2. The summed E-state index contributed by atoms with van der Waals surface area (Å²) in [5.41, 5.74) is 0. The van der Waals surface area contributed by atoms with Crippen molar-refractivity contribution in [1.29, 1.82) is 0 Å². The lowest BCUT2D eigenvalue weighted by Gasteiger charge is -2.52. The Labute approximate surface area is 372 Å². The Morgan fingerprint density at radius 1 is 0.766 bits per heavy atom. The summed E-state index contributed by atoms with van der Waals surface area (Å²) in [6.45, 7) is 9.89. The maximum Gasteiger partial charge on any atom is 0.366 e. The van der Waals surface area contributed by atoms with Crippen LogP contribution in [0.1, 0.15) is 87.5 Å². The van der Waals surface area contributed by atoms with Gasteiger partial charge in [0.2, 0.25) is 12.2 Å². The Morgan fingerprint density at radius 3 is 1.94 bits per heavy atom. The smallest absolute Gasteiger partial charge is 0.366 e. The quantitative estimate of drug-likeness (QED) is 0.0889. The summed E-state index contributed by atoms with van der Waals surface area (Å²) in [4.78, 5) is 90.6. The summed E-state index contributed by atoms with van der Waals surface area (Å²) in [7, 11) is 2.52. The molecule has 2 fully saturated rings. The van der Waals surface area contributed by atoms with Crippen molar-refractivity contribution in [3.8, 4) is 11.5 Å². The van der Waals surface area contributed by atoms with E-state index in [4.69, 9.17) is 61.6 Å². The number of ether oxygens (including phenoxy) is 13. The van der Waals surface area contributed by atoms with Crippen molar-refractivity contribution in [2.45, 2.75) is 154 Å². The Hall–Kier alpha value is -5.09. The minimum Gasteiger partial charge on any atom is -0.497 e. The van der Waals surface area contributed by atoms with Crippen LogP contribution in [0.25, 0.3) is 0 Å². The minimum absolute atomic E-state index is 0.0848. The van der Waals surface area contributed by atoms with Crippen LogP contribution in [0.5, 0.6) is 11.5 Å². The molecule has 21 nitrogen and oxygen atoms in total. The number of carbonyl (C=O) groups excluding carboxylic acids is 7. The zero-order chi connectivity index (χ0) is 47.6. The van der Waals surface area contributed by atoms with Crippen LogP contribution in [0.4, 0.5) is 0 Å². The molecule has 1 N–H and O–H groups in total. The number of esters is 6. The highest BCUT2D eigenvalue weighted by Gasteiger charge is 2.63. The number of rotatable bonds is 24. The second-order valence-corrected chi connectivity index (χ2v) is 15.0. The SMILES string of the molecule is CCCCOCC1O[C@@H](Oc2ccc(OC)cc2)C(OCCCC)C(O[C@]2(C(=O)OC)CC(OC(C)=O)[C@@H](NC(C)=O)C([C@H](OC(C)=O)[C@@H](COC(C)=O)OC(C)=O)O2)[C@H]1OC(C)=O. The highest BCUT2D eigenvalue weighted by Crippen LogP contribution is 2.41. The second-order valence-electron chi connectivity index (χ2n) is 15.0. The van der Waals surface area contributed by atoms with Crippen molar-refractivity contribution in [2.75, 3.05) is 40.6 Å². The Balaban J connectivity index is 2.39. The van der Waals surface area contributed by atoms with E-state index >= 15 is 0 Å². The van der Waals surface area contributed by atoms with Gasteiger partial charge in [-0.2, -0.15) is 0 Å². The molecule has 0 aliphatic carbocycles. The summed E-state index contributed by atoms with van der Waals surface area (Å²) in [5, 5.41) is 2.63. The lowest BCUT2D eigenvalue weighted by molar-refractivity contribution is -0.368. The lowest BCUT2D eigenvalue weighted by Crippen LogP contribution is -2.72. The molecular weight excluding hydrogens is 850 g/mol. The van der Waals surface area contributed by atoms with Crippen LogP contribution in [0.15, 0.2) is 24.3 Å². The van der Waals surface area contributed by atoms with Crippen LogP contribution < -0.4 is 14.8 Å². The van der Waals surface area contributed by atoms with Crippen molar-refractivity contribution >= 4 is 41.7 Å². The topological polar surface area (TPSA) is 252 Å². The molecule has 2 aliphatic heterocycles. The zero-order valence-corrected chi connectivity index (χ0v) is 38.1. The van der Waals surface area contributed by atoms with Crippen LogP contribution in [0.3, 0.4) is 0 Å². The summed E-state index contributed by atoms with van der Waals surface area (Å²) in [6, 6.07) is 5.06. The molecule has 2 saturated heterocycles. The number of unbranched alkanes of at least 4 members (excludes halogenated alkanes) is 2. The van der Waals surface area contributed by atoms with E-state index < -0.39 is 122 Å². The largest absolute Gasteiger partial charge is 0.497 e. The normalized spacial score (nSPS) is 26.2. The van der Waals surface area contributed by atoms with Gasteiger partial charge in [0.05, 0.1) is 33.3 Å². The summed E-state index contributed by atoms with van der Waals surface area (Å²) < 4.78 is 77.4. The van der Waals surface area contributed by atoms with E-state index in [-0.39, 0.29) is 13.2 Å². The van der Waals surface area contributed by atoms with Crippen LogP contribution in [-0.4, -0.2) is 149 Å². The molecule has 21 heteroatoms. The molecule has 1 aromatic rings. The van der Waals surface area contributed by atoms with Gasteiger partial charge >= 0.3 is 35.8 Å². The highest BCUT2D eigenvalue weighted by atomic mass is 16.8. The third-order valence-corrected chi connectivity index (χ3v) is 9.76. The van der Waals surface area contributed by atoms with E-state index in [1.54, 1.807) is 24.3 Å². The number of nitrogens with one attached hydrogen (secondary N) is 1. The fourth-order valence-corrected chi connectivity index (χ4v) is 7.09. The molecule has 2 aliphatic rings. The molecule has 0 bridgehead atoms. The van der Waals surface area contributed by atoms with Crippen molar-refractivity contribution in [2.24, 2.45) is 0 Å². The summed E-state index contributed by atoms with van der Waals surface area (Å²) in [6.07, 6.45) is -11.8. The van der Waals surface area contributed by atoms with E-state index in [2.05, 4.69) is 5.32 Å². The average Bonchev–Trinajstić information content (AvgIpc) is 3.22. The number of amides is 1. The Kier molecular flexibility index (Phi) is 21.6. The molecule has 1 amide bonds. The van der Waals surface area contributed by atoms with Crippen molar-refractivity contribution < 1.29 is 95.1 Å². The van der Waals surface area contributed by atoms with Gasteiger partial charge in [-0.25, -0.2) is 4.79 Å². The van der Waals surface area contributed by atoms with E-state index in [0.29, 0.717) is 37.4 Å². The second kappa shape index (κ2) is 26.0. The summed E-state index contributed by atoms with van der Waals surface area (Å²) in [5.74, 6) is -8.21. The van der Waals surface area contributed by atoms with Gasteiger partial charge in [-0.1, -0.05) is 26.7 Å². The molecule has 0 saturated carbocycles. The van der Waals surface area contributed by atoms with E-state index in [1.807, 2.05) is 13.8 Å². The molecule has 2 heterocycles. The first-order chi connectivity index (χ1) is 30.4. The van der Waals surface area contributed by atoms with Crippen LogP contribution in [-0.2, 0) is 85.7 Å². The molecular formula is C43H63NO20. The van der Waals surface area contributed by atoms with Gasteiger partial charge in [0.15, 0.2) is 18.3 Å². The van der Waals surface area contributed by atoms with Gasteiger partial charge in [0.1, 0.15) is 48.6 Å². The fourth-order valence-electron chi connectivity index (χ4n) is 7.09. The summed E-state index contributed by atoms with van der Waals surface area (Å²) >= 11 is 0. The number of benzene rings is 1. The molecule has 3 rings (SSSR count). The van der Waals surface area contributed by atoms with Gasteiger partial charge in [-0.15, -0.1) is 0 Å². The molecule has 0 radical (unpaired) electrons. The van der Waals surface area contributed by atoms with Gasteiger partial charge in [0.25, 0.3) is 5.79 Å². The first-order valence-corrected chi connectivity index (χ1v) is 21.1. The number of methoxy groups -OCH3 is 2. The Morgan fingerprint density at radius 2 is 1.39 bits per heavy atom. The third kappa shape index (κ3) is 15.9. The standard InChI is InChI=1S/C43H63NO20/c1-11-13-19-54-22-33-37(60-29(8)50)39(40(55-20-14-12-2)41(62-33)61-31-17-15-30(52-9)16-18-31)64-43(42(51)53-10)21-32(57-26(5)47)35(44-24(3)45)38(63-43)36(59-28(7)49)34(58-27(6)48)23-56-25(4)46/h15-18,32-41H,11-14,19-23H2,1-10H3,(H,44,45)/t32?,33?,34-,35-,36-,37+,38?,39?,40?,41-,43+/m1/s1. The molecule has 0 spiro atoms. The van der Waals surface area contributed by atoms with E-state index in [1.165, 1.54) is 7.11 Å². The maximum atomic E-state index is 14.5. The molecule has 1 aromatic carbocycles. The van der Waals surface area contributed by atoms with Gasteiger partial charge in [0, 0.05) is 54.8 Å². The monoisotopic (exact) mass is 913 g/mol. The van der Waals surface area contributed by atoms with Gasteiger partial charge < -0.3 is 66.9 Å². The van der Waals surface area contributed by atoms with Crippen LogP contribution >= 0.6 is 0 Å². The van der Waals surface area contributed by atoms with Crippen molar-refractivity contribution in [3.05, 3.63) is 24.3 Å². The predicted molar refractivity (Wildman–Crippen MR) is 218 cm³/mol. The molecule has 0 aromatic heterocycles. The number of carbonyl (C=O) groups is 7. The van der Waals surface area contributed by atoms with Gasteiger partial charge in [-0.3, -0.25) is 28.8 Å². The third-order valence-electron chi connectivity index (χ3n) is 9.76. The first-order valence-electron chi connectivity index (χ1n) is 21.1. The fraction of sp³-hybridized carbons (Fsp3) is 0.698. The molecule has 11 atom stereocenters. The Bertz CT molecular complexity index is 1710. The van der Waals surface area contributed by atoms with Crippen molar-refractivity contribution in [3.63, 3.8) is 0 Å². The molecule has 64 heavy (non-hydrogen) atoms. The maximum absolute atomic E-state index is 14.5. The lowest BCUT2D eigenvalue weighted by atomic mass is 9.87. The van der Waals surface area contributed by atoms with Crippen LogP contribution in [0, 0.1) is 0 Å². The predicted octanol–water partition coefficient (Wildman–Crippen LogP) is 2.64. The molecule has 5 unspecified atom stereocenters. The highest BCUT2D eigenvalue weighted by molar-refractivity contribution is 5.79. The van der Waals surface area contributed by atoms with Gasteiger partial charge in [-0.05, 0) is 37.1 Å². The average molecular weight is 914 g/mol. The zero-order valence-electron chi connectivity index (χ0n) is 38.1. The molecule has 360 valence electrons. The van der Waals surface area contributed by atoms with E-state index in [9.17, 15) is 33.6 Å². The minimum atomic E-state index is -2.74. The number of hydrogen-bond acceptors (Lipinski definition) is 20. The van der Waals surface area contributed by atoms with Crippen molar-refractivity contribution in [1.82, 2.24) is 5.32 Å². The van der Waals surface area contributed by atoms with E-state index in [0.717, 1.165) is 55.1 Å². The van der Waals surface area contributed by atoms with Crippen LogP contribution in [0.2, 0.25) is 0 Å².